The number of nitriles is 1. The lowest BCUT2D eigenvalue weighted by molar-refractivity contribution is 0.0526. The van der Waals surface area contributed by atoms with Gasteiger partial charge in [0.25, 0.3) is 0 Å². The van der Waals surface area contributed by atoms with Crippen molar-refractivity contribution in [2.75, 3.05) is 6.61 Å². The lowest BCUT2D eigenvalue weighted by atomic mass is 10.1. The minimum atomic E-state index is -0.355. The Kier molecular flexibility index (Phi) is 3.89. The van der Waals surface area contributed by atoms with E-state index in [1.54, 1.807) is 36.0 Å². The number of ether oxygens (including phenoxy) is 1. The van der Waals surface area contributed by atoms with E-state index in [1.807, 2.05) is 30.5 Å². The van der Waals surface area contributed by atoms with Crippen molar-refractivity contribution in [2.45, 2.75) is 13.8 Å². The summed E-state index contributed by atoms with van der Waals surface area (Å²) in [6, 6.07) is 11.1. The molecule has 0 fully saturated rings. The summed E-state index contributed by atoms with van der Waals surface area (Å²) in [7, 11) is 1.83. The number of fused-ring (bicyclic) bond motifs is 2. The molecule has 3 aromatic heterocycles. The first-order valence-electron chi connectivity index (χ1n) is 8.56. The van der Waals surface area contributed by atoms with Gasteiger partial charge in [0.1, 0.15) is 17.4 Å². The predicted molar refractivity (Wildman–Crippen MR) is 100 cm³/mol. The molecule has 4 rings (SSSR count). The summed E-state index contributed by atoms with van der Waals surface area (Å²) in [6.07, 6.45) is 1.76. The average Bonchev–Trinajstić information content (AvgIpc) is 3.16. The number of aryl methyl sites for hydroxylation is 2. The quantitative estimate of drug-likeness (QED) is 0.524. The maximum Gasteiger partial charge on any atom is 0.338 e. The molecular formula is C20H17N5O2. The number of aromatic nitrogens is 4. The second kappa shape index (κ2) is 6.25. The third-order valence-corrected chi connectivity index (χ3v) is 4.51. The zero-order valence-electron chi connectivity index (χ0n) is 15.2. The Bertz CT molecular complexity index is 1240. The van der Waals surface area contributed by atoms with Crippen LogP contribution in [0.5, 0.6) is 0 Å². The third kappa shape index (κ3) is 2.62. The molecule has 0 aliphatic rings. The van der Waals surface area contributed by atoms with E-state index in [1.165, 1.54) is 0 Å². The lowest BCUT2D eigenvalue weighted by Gasteiger charge is -2.03. The van der Waals surface area contributed by atoms with E-state index >= 15 is 0 Å². The summed E-state index contributed by atoms with van der Waals surface area (Å²) in [6.45, 7) is 4.03. The number of benzene rings is 1. The first-order valence-corrected chi connectivity index (χ1v) is 8.56. The number of hydrogen-bond donors (Lipinski definition) is 0. The highest BCUT2D eigenvalue weighted by atomic mass is 16.5. The number of hydrogen-bond acceptors (Lipinski definition) is 5. The van der Waals surface area contributed by atoms with Gasteiger partial charge in [-0.1, -0.05) is 0 Å². The Hall–Kier alpha value is -3.66. The first-order chi connectivity index (χ1) is 13.0. The minimum Gasteiger partial charge on any atom is -0.462 e. The molecule has 0 bridgehead atoms. The van der Waals surface area contributed by atoms with E-state index in [0.29, 0.717) is 17.7 Å². The molecule has 0 unspecified atom stereocenters. The predicted octanol–water partition coefficient (Wildman–Crippen LogP) is 3.24. The maximum absolute atomic E-state index is 12.0. The molecule has 0 N–H and O–H groups in total. The molecule has 134 valence electrons. The molecule has 1 aromatic carbocycles. The zero-order valence-corrected chi connectivity index (χ0v) is 15.2. The summed E-state index contributed by atoms with van der Waals surface area (Å²) in [4.78, 5) is 16.6. The number of nitrogens with zero attached hydrogens (tertiary/aromatic N) is 5. The van der Waals surface area contributed by atoms with Crippen LogP contribution in [0.3, 0.4) is 0 Å². The molecule has 0 atom stereocenters. The zero-order chi connectivity index (χ0) is 19.1. The van der Waals surface area contributed by atoms with E-state index in [-0.39, 0.29) is 5.97 Å². The van der Waals surface area contributed by atoms with Gasteiger partial charge < -0.3 is 4.74 Å². The molecule has 3 heterocycles. The van der Waals surface area contributed by atoms with Gasteiger partial charge in [0.15, 0.2) is 0 Å². The number of imidazole rings is 1. The van der Waals surface area contributed by atoms with Gasteiger partial charge >= 0.3 is 5.97 Å². The van der Waals surface area contributed by atoms with Gasteiger partial charge in [-0.25, -0.2) is 9.78 Å². The molecule has 4 aromatic rings. The van der Waals surface area contributed by atoms with Gasteiger partial charge in [-0.05, 0) is 44.2 Å². The van der Waals surface area contributed by atoms with Crippen molar-refractivity contribution in [3.63, 3.8) is 0 Å². The van der Waals surface area contributed by atoms with Crippen molar-refractivity contribution in [2.24, 2.45) is 7.05 Å². The van der Waals surface area contributed by atoms with E-state index in [0.717, 1.165) is 33.6 Å². The van der Waals surface area contributed by atoms with Crippen LogP contribution in [0.15, 0.2) is 36.5 Å². The fourth-order valence-electron chi connectivity index (χ4n) is 3.29. The van der Waals surface area contributed by atoms with Crippen LogP contribution in [-0.4, -0.2) is 31.7 Å². The Balaban J connectivity index is 1.95. The highest BCUT2D eigenvalue weighted by molar-refractivity contribution is 5.99. The number of rotatable bonds is 3. The van der Waals surface area contributed by atoms with Crippen LogP contribution < -0.4 is 0 Å². The van der Waals surface area contributed by atoms with Gasteiger partial charge in [0, 0.05) is 18.6 Å². The van der Waals surface area contributed by atoms with Gasteiger partial charge in [-0.15, -0.1) is 0 Å². The Morgan fingerprint density at radius 3 is 2.85 bits per heavy atom. The monoisotopic (exact) mass is 359 g/mol. The summed E-state index contributed by atoms with van der Waals surface area (Å²) < 4.78 is 8.71. The smallest absolute Gasteiger partial charge is 0.338 e. The van der Waals surface area contributed by atoms with E-state index in [2.05, 4.69) is 16.2 Å². The van der Waals surface area contributed by atoms with E-state index < -0.39 is 0 Å². The van der Waals surface area contributed by atoms with Gasteiger partial charge in [0.2, 0.25) is 0 Å². The molecule has 0 spiro atoms. The Morgan fingerprint density at radius 1 is 1.30 bits per heavy atom. The fourth-order valence-corrected chi connectivity index (χ4v) is 3.29. The van der Waals surface area contributed by atoms with Gasteiger partial charge in [-0.2, -0.15) is 10.4 Å². The van der Waals surface area contributed by atoms with Gasteiger partial charge in [-0.3, -0.25) is 9.08 Å². The number of pyridine rings is 1. The molecular weight excluding hydrogens is 342 g/mol. The second-order valence-electron chi connectivity index (χ2n) is 6.23. The highest BCUT2D eigenvalue weighted by Crippen LogP contribution is 2.31. The molecule has 7 heteroatoms. The van der Waals surface area contributed by atoms with Crippen LogP contribution in [0.1, 0.15) is 28.5 Å². The van der Waals surface area contributed by atoms with Crippen molar-refractivity contribution < 1.29 is 9.53 Å². The van der Waals surface area contributed by atoms with Crippen LogP contribution in [0.25, 0.3) is 27.9 Å². The molecule has 7 nitrogen and oxygen atoms in total. The first kappa shape index (κ1) is 16.8. The second-order valence-corrected chi connectivity index (χ2v) is 6.23. The fraction of sp³-hybridized carbons (Fsp3) is 0.200. The maximum atomic E-state index is 12.0. The molecule has 0 radical (unpaired) electrons. The van der Waals surface area contributed by atoms with E-state index in [4.69, 9.17) is 4.74 Å². The third-order valence-electron chi connectivity index (χ3n) is 4.51. The normalized spacial score (nSPS) is 11.0. The molecule has 0 amide bonds. The standard InChI is InChI=1S/C20H17N5O2/c1-4-27-20(26)14-6-7-15-16(9-14)24(3)23-18(15)19-12(2)22-17-8-5-13(10-21)11-25(17)19/h5-9,11H,4H2,1-3H3. The van der Waals surface area contributed by atoms with Crippen LogP contribution in [0, 0.1) is 18.3 Å². The summed E-state index contributed by atoms with van der Waals surface area (Å²) in [5, 5.41) is 14.8. The van der Waals surface area contributed by atoms with Crippen molar-refractivity contribution in [1.29, 1.82) is 5.26 Å². The molecule has 27 heavy (non-hydrogen) atoms. The van der Waals surface area contributed by atoms with Crippen molar-refractivity contribution in [3.8, 4) is 17.5 Å². The summed E-state index contributed by atoms with van der Waals surface area (Å²) >= 11 is 0. The molecule has 0 aliphatic carbocycles. The summed E-state index contributed by atoms with van der Waals surface area (Å²) in [5.74, 6) is -0.355. The number of carbonyl (C=O) groups excluding carboxylic acids is 1. The van der Waals surface area contributed by atoms with Crippen molar-refractivity contribution >= 4 is 22.5 Å². The van der Waals surface area contributed by atoms with Crippen LogP contribution in [-0.2, 0) is 11.8 Å². The Labute approximate surface area is 155 Å². The SMILES string of the molecule is CCOC(=O)c1ccc2c(-c3c(C)nc4ccc(C#N)cn34)nn(C)c2c1. The molecule has 0 aliphatic heterocycles. The van der Waals surface area contributed by atoms with Crippen molar-refractivity contribution in [3.05, 3.63) is 53.3 Å². The van der Waals surface area contributed by atoms with Crippen LogP contribution in [0.2, 0.25) is 0 Å². The van der Waals surface area contributed by atoms with Gasteiger partial charge in [0.05, 0.1) is 34.6 Å². The molecule has 0 saturated carbocycles. The Morgan fingerprint density at radius 2 is 2.11 bits per heavy atom. The average molecular weight is 359 g/mol. The largest absolute Gasteiger partial charge is 0.462 e. The topological polar surface area (TPSA) is 85.2 Å². The van der Waals surface area contributed by atoms with Crippen LogP contribution >= 0.6 is 0 Å². The lowest BCUT2D eigenvalue weighted by Crippen LogP contribution is -2.04. The summed E-state index contributed by atoms with van der Waals surface area (Å²) in [5.41, 5.74) is 5.01. The van der Waals surface area contributed by atoms with E-state index in [9.17, 15) is 10.1 Å². The molecule has 0 saturated heterocycles. The highest BCUT2D eigenvalue weighted by Gasteiger charge is 2.19. The number of carbonyl (C=O) groups is 1. The van der Waals surface area contributed by atoms with Crippen LogP contribution in [0.4, 0.5) is 0 Å². The van der Waals surface area contributed by atoms with Crippen molar-refractivity contribution in [1.82, 2.24) is 19.2 Å². The number of esters is 1. The minimum absolute atomic E-state index is 0.329.